The lowest BCUT2D eigenvalue weighted by Crippen LogP contribution is -2.55. The highest BCUT2D eigenvalue weighted by atomic mass is 79.9. The first-order valence-electron chi connectivity index (χ1n) is 5.58. The van der Waals surface area contributed by atoms with Crippen molar-refractivity contribution in [3.8, 4) is 0 Å². The van der Waals surface area contributed by atoms with Gasteiger partial charge >= 0.3 is 0 Å². The highest BCUT2D eigenvalue weighted by Gasteiger charge is 2.40. The van der Waals surface area contributed by atoms with E-state index in [0.717, 1.165) is 6.42 Å². The van der Waals surface area contributed by atoms with E-state index in [4.69, 9.17) is 5.73 Å². The zero-order chi connectivity index (χ0) is 13.4. The second kappa shape index (κ2) is 4.80. The fourth-order valence-corrected chi connectivity index (χ4v) is 3.92. The number of hydrogen-bond acceptors (Lipinski definition) is 4. The summed E-state index contributed by atoms with van der Waals surface area (Å²) in [6, 6.07) is 4.44. The van der Waals surface area contributed by atoms with Gasteiger partial charge in [0.05, 0.1) is 17.0 Å². The molecule has 1 aromatic rings. The average molecular weight is 335 g/mol. The van der Waals surface area contributed by atoms with Crippen LogP contribution in [0.1, 0.15) is 19.3 Å². The van der Waals surface area contributed by atoms with Crippen molar-refractivity contribution in [2.24, 2.45) is 0 Å². The van der Waals surface area contributed by atoms with Crippen LogP contribution in [-0.2, 0) is 10.0 Å². The predicted octanol–water partition coefficient (Wildman–Crippen LogP) is 1.22. The van der Waals surface area contributed by atoms with E-state index >= 15 is 0 Å². The quantitative estimate of drug-likeness (QED) is 0.722. The van der Waals surface area contributed by atoms with Gasteiger partial charge in [-0.1, -0.05) is 0 Å². The number of anilines is 1. The van der Waals surface area contributed by atoms with Gasteiger partial charge in [-0.05, 0) is 53.4 Å². The highest BCUT2D eigenvalue weighted by Crippen LogP contribution is 2.33. The van der Waals surface area contributed by atoms with E-state index in [2.05, 4.69) is 20.7 Å². The van der Waals surface area contributed by atoms with Crippen molar-refractivity contribution >= 4 is 31.6 Å². The molecular formula is C11H15BrN2O3S. The maximum absolute atomic E-state index is 12.2. The monoisotopic (exact) mass is 334 g/mol. The molecule has 0 spiro atoms. The Hall–Kier alpha value is -0.630. The molecule has 0 unspecified atom stereocenters. The largest absolute Gasteiger partial charge is 0.398 e. The molecule has 0 radical (unpaired) electrons. The Morgan fingerprint density at radius 1 is 1.44 bits per heavy atom. The zero-order valence-corrected chi connectivity index (χ0v) is 12.1. The number of halogens is 1. The fraction of sp³-hybridized carbons (Fsp3) is 0.455. The fourth-order valence-electron chi connectivity index (χ4n) is 1.91. The van der Waals surface area contributed by atoms with Crippen LogP contribution in [-0.4, -0.2) is 25.7 Å². The molecule has 0 saturated heterocycles. The topological polar surface area (TPSA) is 92.4 Å². The summed E-state index contributed by atoms with van der Waals surface area (Å²) in [4.78, 5) is 0.142. The third-order valence-corrected chi connectivity index (χ3v) is 5.51. The molecule has 1 aliphatic rings. The summed E-state index contributed by atoms with van der Waals surface area (Å²) in [5.74, 6) is 0. The molecule has 2 rings (SSSR count). The Morgan fingerprint density at radius 3 is 2.56 bits per heavy atom. The normalized spacial score (nSPS) is 18.3. The van der Waals surface area contributed by atoms with Gasteiger partial charge in [0.15, 0.2) is 0 Å². The maximum atomic E-state index is 12.2. The molecule has 0 aromatic heterocycles. The Kier molecular flexibility index (Phi) is 3.68. The Labute approximate surface area is 115 Å². The van der Waals surface area contributed by atoms with E-state index in [0.29, 0.717) is 23.0 Å². The van der Waals surface area contributed by atoms with Crippen LogP contribution in [0.3, 0.4) is 0 Å². The van der Waals surface area contributed by atoms with Gasteiger partial charge < -0.3 is 10.8 Å². The van der Waals surface area contributed by atoms with Crippen molar-refractivity contribution in [3.05, 3.63) is 22.7 Å². The van der Waals surface area contributed by atoms with Crippen LogP contribution in [0.4, 0.5) is 5.69 Å². The van der Waals surface area contributed by atoms with Crippen molar-refractivity contribution in [2.45, 2.75) is 29.7 Å². The average Bonchev–Trinajstić information content (AvgIpc) is 2.27. The summed E-state index contributed by atoms with van der Waals surface area (Å²) in [6.45, 7) is -0.178. The molecule has 0 atom stereocenters. The Morgan fingerprint density at radius 2 is 2.11 bits per heavy atom. The number of aliphatic hydroxyl groups is 1. The molecule has 1 aliphatic carbocycles. The van der Waals surface area contributed by atoms with Gasteiger partial charge in [-0.25, -0.2) is 13.1 Å². The minimum atomic E-state index is -3.63. The minimum Gasteiger partial charge on any atom is -0.398 e. The molecule has 0 amide bonds. The molecule has 5 nitrogen and oxygen atoms in total. The van der Waals surface area contributed by atoms with Crippen LogP contribution in [0.15, 0.2) is 27.6 Å². The van der Waals surface area contributed by atoms with Gasteiger partial charge in [0.25, 0.3) is 0 Å². The van der Waals surface area contributed by atoms with Gasteiger partial charge in [-0.2, -0.15) is 0 Å². The summed E-state index contributed by atoms with van der Waals surface area (Å²) < 4.78 is 27.5. The zero-order valence-electron chi connectivity index (χ0n) is 9.69. The molecule has 0 heterocycles. The van der Waals surface area contributed by atoms with Crippen molar-refractivity contribution < 1.29 is 13.5 Å². The summed E-state index contributed by atoms with van der Waals surface area (Å²) in [5.41, 5.74) is 5.41. The maximum Gasteiger partial charge on any atom is 0.241 e. The van der Waals surface area contributed by atoms with Crippen LogP contribution in [0, 0.1) is 0 Å². The smallest absolute Gasteiger partial charge is 0.241 e. The first kappa shape index (κ1) is 13.8. The number of rotatable bonds is 4. The molecule has 100 valence electrons. The molecule has 1 aromatic carbocycles. The minimum absolute atomic E-state index is 0.142. The van der Waals surface area contributed by atoms with E-state index in [9.17, 15) is 13.5 Å². The Balaban J connectivity index is 2.28. The molecular weight excluding hydrogens is 320 g/mol. The molecule has 0 aliphatic heterocycles. The number of nitrogens with one attached hydrogen (secondary N) is 1. The lowest BCUT2D eigenvalue weighted by Gasteiger charge is -2.40. The first-order chi connectivity index (χ1) is 8.38. The van der Waals surface area contributed by atoms with Crippen LogP contribution in [0.25, 0.3) is 0 Å². The van der Waals surface area contributed by atoms with E-state index in [1.54, 1.807) is 0 Å². The van der Waals surface area contributed by atoms with Crippen molar-refractivity contribution in [1.82, 2.24) is 4.72 Å². The van der Waals surface area contributed by atoms with Gasteiger partial charge in [0.2, 0.25) is 10.0 Å². The van der Waals surface area contributed by atoms with Crippen LogP contribution >= 0.6 is 15.9 Å². The predicted molar refractivity (Wildman–Crippen MR) is 72.5 cm³/mol. The summed E-state index contributed by atoms with van der Waals surface area (Å²) in [7, 11) is -3.63. The molecule has 18 heavy (non-hydrogen) atoms. The first-order valence-corrected chi connectivity index (χ1v) is 7.86. The van der Waals surface area contributed by atoms with Gasteiger partial charge in [0, 0.05) is 10.2 Å². The third kappa shape index (κ3) is 2.54. The summed E-state index contributed by atoms with van der Waals surface area (Å²) in [6.07, 6.45) is 2.26. The third-order valence-electron chi connectivity index (χ3n) is 3.25. The Bertz CT molecular complexity index is 550. The van der Waals surface area contributed by atoms with E-state index in [-0.39, 0.29) is 11.5 Å². The second-order valence-corrected chi connectivity index (χ2v) is 7.12. The molecule has 1 fully saturated rings. The molecule has 1 saturated carbocycles. The van der Waals surface area contributed by atoms with Gasteiger partial charge in [-0.3, -0.25) is 0 Å². The van der Waals surface area contributed by atoms with Crippen molar-refractivity contribution in [3.63, 3.8) is 0 Å². The number of nitrogens with two attached hydrogens (primary N) is 1. The van der Waals surface area contributed by atoms with Crippen LogP contribution < -0.4 is 10.5 Å². The number of nitrogen functional groups attached to an aromatic ring is 1. The number of hydrogen-bond donors (Lipinski definition) is 3. The van der Waals surface area contributed by atoms with Crippen molar-refractivity contribution in [1.29, 1.82) is 0 Å². The summed E-state index contributed by atoms with van der Waals surface area (Å²) in [5, 5.41) is 9.29. The highest BCUT2D eigenvalue weighted by molar-refractivity contribution is 9.10. The van der Waals surface area contributed by atoms with Crippen LogP contribution in [0.5, 0.6) is 0 Å². The number of sulfonamides is 1. The van der Waals surface area contributed by atoms with Crippen LogP contribution in [0.2, 0.25) is 0 Å². The number of benzene rings is 1. The summed E-state index contributed by atoms with van der Waals surface area (Å²) >= 11 is 3.20. The lowest BCUT2D eigenvalue weighted by molar-refractivity contribution is 0.110. The van der Waals surface area contributed by atoms with Gasteiger partial charge in [0.1, 0.15) is 0 Å². The van der Waals surface area contributed by atoms with E-state index < -0.39 is 15.6 Å². The lowest BCUT2D eigenvalue weighted by atomic mass is 9.78. The molecule has 7 heteroatoms. The standard InChI is InChI=1S/C11H15BrN2O3S/c12-9-6-8(2-3-10(9)13)18(16,17)14-11(7-15)4-1-5-11/h2-3,6,14-15H,1,4-5,7,13H2. The number of aliphatic hydroxyl groups excluding tert-OH is 1. The second-order valence-electron chi connectivity index (χ2n) is 4.58. The molecule has 4 N–H and O–H groups in total. The van der Waals surface area contributed by atoms with E-state index in [1.807, 2.05) is 0 Å². The SMILES string of the molecule is Nc1ccc(S(=O)(=O)NC2(CO)CCC2)cc1Br. The molecule has 0 bridgehead atoms. The van der Waals surface area contributed by atoms with Gasteiger partial charge in [-0.15, -0.1) is 0 Å². The van der Waals surface area contributed by atoms with E-state index in [1.165, 1.54) is 18.2 Å². The van der Waals surface area contributed by atoms with Crippen molar-refractivity contribution in [2.75, 3.05) is 12.3 Å².